The van der Waals surface area contributed by atoms with E-state index in [4.69, 9.17) is 14.1 Å². The monoisotopic (exact) mass is 452 g/mol. The van der Waals surface area contributed by atoms with E-state index in [0.29, 0.717) is 6.61 Å². The van der Waals surface area contributed by atoms with Crippen molar-refractivity contribution in [2.45, 2.75) is 20.8 Å². The molecule has 0 amide bonds. The molecule has 0 fully saturated rings. The van der Waals surface area contributed by atoms with Gasteiger partial charge in [0, 0.05) is 33.7 Å². The Morgan fingerprint density at radius 2 is 1.76 bits per heavy atom. The first-order valence-corrected chi connectivity index (χ1v) is 10.8. The van der Waals surface area contributed by atoms with Crippen molar-refractivity contribution in [2.75, 3.05) is 26.2 Å². The van der Waals surface area contributed by atoms with Crippen molar-refractivity contribution in [3.05, 3.63) is 58.7 Å². The molecule has 0 aliphatic carbocycles. The first-order chi connectivity index (χ1) is 14.1. The fraction of sp³-hybridized carbons (Fsp3) is 0.292. The molecule has 0 radical (unpaired) electrons. The van der Waals surface area contributed by atoms with Crippen LogP contribution in [0.15, 0.2) is 57.4 Å². The molecule has 29 heavy (non-hydrogen) atoms. The molecule has 4 nitrogen and oxygen atoms in total. The number of benzene rings is 2. The van der Waals surface area contributed by atoms with Gasteiger partial charge in [-0.05, 0) is 50.3 Å². The normalized spacial score (nSPS) is 11.6. The minimum Gasteiger partial charge on any atom is -0.492 e. The lowest BCUT2D eigenvalue weighted by Crippen LogP contribution is -2.27. The van der Waals surface area contributed by atoms with E-state index < -0.39 is 0 Å². The third-order valence-corrected chi connectivity index (χ3v) is 5.77. The number of hydrogen-bond acceptors (Lipinski definition) is 4. The van der Waals surface area contributed by atoms with Crippen LogP contribution in [0.1, 0.15) is 19.5 Å². The van der Waals surface area contributed by atoms with Crippen molar-refractivity contribution in [1.82, 2.24) is 9.88 Å². The summed E-state index contributed by atoms with van der Waals surface area (Å²) in [4.78, 5) is 7.19. The number of pyridine rings is 1. The van der Waals surface area contributed by atoms with E-state index in [1.807, 2.05) is 37.3 Å². The van der Waals surface area contributed by atoms with Gasteiger partial charge in [-0.1, -0.05) is 41.9 Å². The molecule has 0 aliphatic heterocycles. The van der Waals surface area contributed by atoms with Crippen LogP contribution in [0.5, 0.6) is 5.75 Å². The molecule has 0 aliphatic rings. The number of halogens is 1. The molecule has 0 saturated carbocycles. The number of aryl methyl sites for hydroxylation is 1. The van der Waals surface area contributed by atoms with E-state index in [2.05, 4.69) is 52.9 Å². The third kappa shape index (κ3) is 4.16. The van der Waals surface area contributed by atoms with Gasteiger partial charge in [0.05, 0.1) is 11.1 Å². The summed E-state index contributed by atoms with van der Waals surface area (Å²) in [6.07, 6.45) is 0. The lowest BCUT2D eigenvalue weighted by atomic mass is 10.0. The van der Waals surface area contributed by atoms with Crippen LogP contribution in [-0.2, 0) is 0 Å². The summed E-state index contributed by atoms with van der Waals surface area (Å²) in [5.74, 6) is 0.856. The van der Waals surface area contributed by atoms with Gasteiger partial charge in [0.25, 0.3) is 0 Å². The molecule has 2 heterocycles. The summed E-state index contributed by atoms with van der Waals surface area (Å²) in [5, 5.41) is 2.06. The van der Waals surface area contributed by atoms with Gasteiger partial charge < -0.3 is 14.1 Å². The molecule has 150 valence electrons. The van der Waals surface area contributed by atoms with Crippen molar-refractivity contribution in [3.63, 3.8) is 0 Å². The predicted molar refractivity (Wildman–Crippen MR) is 123 cm³/mol. The molecule has 0 atom stereocenters. The predicted octanol–water partition coefficient (Wildman–Crippen LogP) is 6.44. The van der Waals surface area contributed by atoms with Crippen molar-refractivity contribution in [3.8, 4) is 17.0 Å². The van der Waals surface area contributed by atoms with Crippen LogP contribution in [0.4, 0.5) is 0 Å². The lowest BCUT2D eigenvalue weighted by molar-refractivity contribution is 0.223. The Kier molecular flexibility index (Phi) is 5.88. The number of hydrogen-bond donors (Lipinski definition) is 0. The molecule has 2 aromatic carbocycles. The highest BCUT2D eigenvalue weighted by atomic mass is 79.9. The van der Waals surface area contributed by atoms with Crippen molar-refractivity contribution >= 4 is 37.9 Å². The van der Waals surface area contributed by atoms with E-state index in [9.17, 15) is 0 Å². The van der Waals surface area contributed by atoms with Crippen LogP contribution < -0.4 is 4.74 Å². The molecule has 0 saturated heterocycles. The first-order valence-electron chi connectivity index (χ1n) is 10.0. The molecular weight excluding hydrogens is 428 g/mol. The Hall–Kier alpha value is -2.37. The average molecular weight is 453 g/mol. The molecule has 0 unspecified atom stereocenters. The number of nitrogens with zero attached hydrogens (tertiary/aromatic N) is 2. The zero-order chi connectivity index (χ0) is 20.4. The lowest BCUT2D eigenvalue weighted by Gasteiger charge is -2.17. The molecule has 0 N–H and O–H groups in total. The third-order valence-electron chi connectivity index (χ3n) is 5.24. The number of aromatic nitrogens is 1. The summed E-state index contributed by atoms with van der Waals surface area (Å²) in [5.41, 5.74) is 4.64. The highest BCUT2D eigenvalue weighted by Crippen LogP contribution is 2.37. The zero-order valence-corrected chi connectivity index (χ0v) is 18.6. The largest absolute Gasteiger partial charge is 0.492 e. The Labute approximate surface area is 179 Å². The highest BCUT2D eigenvalue weighted by Gasteiger charge is 2.16. The molecule has 0 spiro atoms. The van der Waals surface area contributed by atoms with Crippen LogP contribution in [0.3, 0.4) is 0 Å². The van der Waals surface area contributed by atoms with Crippen LogP contribution in [0, 0.1) is 6.92 Å². The van der Waals surface area contributed by atoms with Gasteiger partial charge >= 0.3 is 0 Å². The summed E-state index contributed by atoms with van der Waals surface area (Å²) in [6.45, 7) is 10.00. The quantitative estimate of drug-likeness (QED) is 0.323. The second-order valence-corrected chi connectivity index (χ2v) is 8.04. The molecule has 4 aromatic rings. The number of ether oxygens (including phenoxy) is 1. The van der Waals surface area contributed by atoms with Crippen molar-refractivity contribution < 1.29 is 9.15 Å². The Bertz CT molecular complexity index is 1130. The molecule has 0 bridgehead atoms. The van der Waals surface area contributed by atoms with E-state index in [1.165, 1.54) is 0 Å². The van der Waals surface area contributed by atoms with Gasteiger partial charge in [-0.25, -0.2) is 0 Å². The maximum Gasteiger partial charge on any atom is 0.139 e. The molecule has 5 heteroatoms. The van der Waals surface area contributed by atoms with E-state index in [0.717, 1.165) is 68.7 Å². The molecular formula is C24H25BrN2O2. The fourth-order valence-electron chi connectivity index (χ4n) is 3.63. The number of likely N-dealkylation sites (N-methyl/N-ethyl adjacent to an activating group) is 1. The maximum atomic E-state index is 6.14. The van der Waals surface area contributed by atoms with Gasteiger partial charge in [0.1, 0.15) is 23.5 Å². The van der Waals surface area contributed by atoms with E-state index >= 15 is 0 Å². The number of rotatable bonds is 7. The Balaban J connectivity index is 1.75. The van der Waals surface area contributed by atoms with Crippen molar-refractivity contribution in [1.29, 1.82) is 0 Å². The molecule has 2 aromatic heterocycles. The van der Waals surface area contributed by atoms with Gasteiger partial charge in [0.15, 0.2) is 0 Å². The van der Waals surface area contributed by atoms with Gasteiger partial charge in [0.2, 0.25) is 0 Å². The topological polar surface area (TPSA) is 38.5 Å². The second-order valence-electron chi connectivity index (χ2n) is 7.13. The fourth-order valence-corrected chi connectivity index (χ4v) is 3.90. The van der Waals surface area contributed by atoms with E-state index in [1.54, 1.807) is 0 Å². The van der Waals surface area contributed by atoms with Gasteiger partial charge in [-0.3, -0.25) is 4.98 Å². The summed E-state index contributed by atoms with van der Waals surface area (Å²) < 4.78 is 13.2. The van der Waals surface area contributed by atoms with E-state index in [-0.39, 0.29) is 0 Å². The van der Waals surface area contributed by atoms with Crippen LogP contribution in [0.25, 0.3) is 33.2 Å². The zero-order valence-electron chi connectivity index (χ0n) is 17.0. The second kappa shape index (κ2) is 8.56. The van der Waals surface area contributed by atoms with Crippen LogP contribution >= 0.6 is 15.9 Å². The SMILES string of the molecule is CCN(CC)CCOc1ccc2oc3cc(C)nc(-c4ccc(Br)cc4)c3c2c1. The maximum absolute atomic E-state index is 6.14. The Morgan fingerprint density at radius 3 is 2.48 bits per heavy atom. The summed E-state index contributed by atoms with van der Waals surface area (Å²) in [6, 6.07) is 16.3. The van der Waals surface area contributed by atoms with Gasteiger partial charge in [-0.15, -0.1) is 0 Å². The van der Waals surface area contributed by atoms with Crippen LogP contribution in [0.2, 0.25) is 0 Å². The minimum absolute atomic E-state index is 0.667. The minimum atomic E-state index is 0.667. The summed E-state index contributed by atoms with van der Waals surface area (Å²) >= 11 is 3.51. The Morgan fingerprint density at radius 1 is 1.00 bits per heavy atom. The standard InChI is InChI=1S/C24H25BrN2O2/c1-4-27(5-2)12-13-28-19-10-11-21-20(15-19)23-22(29-21)14-16(3)26-24(23)17-6-8-18(25)9-7-17/h6-11,14-15H,4-5,12-13H2,1-3H3. The summed E-state index contributed by atoms with van der Waals surface area (Å²) in [7, 11) is 0. The van der Waals surface area contributed by atoms with Crippen LogP contribution in [-0.4, -0.2) is 36.1 Å². The highest BCUT2D eigenvalue weighted by molar-refractivity contribution is 9.10. The van der Waals surface area contributed by atoms with Gasteiger partial charge in [-0.2, -0.15) is 0 Å². The number of furan rings is 1. The molecule has 4 rings (SSSR count). The number of fused-ring (bicyclic) bond motifs is 3. The smallest absolute Gasteiger partial charge is 0.139 e. The first kappa shape index (κ1) is 19.9. The average Bonchev–Trinajstić information content (AvgIpc) is 3.08. The van der Waals surface area contributed by atoms with Crippen molar-refractivity contribution in [2.24, 2.45) is 0 Å².